The van der Waals surface area contributed by atoms with Gasteiger partial charge in [0, 0.05) is 38.1 Å². The molecule has 0 atom stereocenters. The van der Waals surface area contributed by atoms with E-state index in [2.05, 4.69) is 48.8 Å². The van der Waals surface area contributed by atoms with E-state index in [-0.39, 0.29) is 0 Å². The summed E-state index contributed by atoms with van der Waals surface area (Å²) in [7, 11) is 2.20. The van der Waals surface area contributed by atoms with E-state index in [1.807, 2.05) is 6.20 Å². The second-order valence-corrected chi connectivity index (χ2v) is 7.78. The van der Waals surface area contributed by atoms with E-state index in [9.17, 15) is 0 Å². The Morgan fingerprint density at radius 1 is 1.18 bits per heavy atom. The van der Waals surface area contributed by atoms with Gasteiger partial charge in [-0.2, -0.15) is 0 Å². The maximum atomic E-state index is 6.34. The minimum Gasteiger partial charge on any atom is -0.304 e. The van der Waals surface area contributed by atoms with Crippen LogP contribution < -0.4 is 0 Å². The Hall–Kier alpha value is -0.440. The smallest absolute Gasteiger partial charge is 0.133 e. The first kappa shape index (κ1) is 15.1. The molecule has 2 fully saturated rings. The number of hydrogen-bond donors (Lipinski definition) is 0. The van der Waals surface area contributed by atoms with Gasteiger partial charge in [0.05, 0.1) is 17.9 Å². The van der Waals surface area contributed by atoms with E-state index in [0.717, 1.165) is 15.0 Å². The number of fused-ring (bicyclic) bond motifs is 1. The zero-order chi connectivity index (χ0) is 15.3. The zero-order valence-electron chi connectivity index (χ0n) is 12.5. The number of likely N-dealkylation sites (N-methyl/N-ethyl adjacent to an activating group) is 1. The average molecular weight is 432 g/mol. The Balaban J connectivity index is 1.51. The van der Waals surface area contributed by atoms with Crippen LogP contribution in [0.1, 0.15) is 24.6 Å². The summed E-state index contributed by atoms with van der Waals surface area (Å²) in [6.07, 6.45) is 5.93. The number of imidazole rings is 1. The molecule has 0 aromatic carbocycles. The minimum atomic E-state index is 0.514. The number of hydrogen-bond acceptors (Lipinski definition) is 4. The molecule has 7 heteroatoms. The van der Waals surface area contributed by atoms with Crippen molar-refractivity contribution < 1.29 is 0 Å². The van der Waals surface area contributed by atoms with Crippen molar-refractivity contribution in [1.82, 2.24) is 24.2 Å². The van der Waals surface area contributed by atoms with Crippen LogP contribution in [-0.4, -0.2) is 63.4 Å². The lowest BCUT2D eigenvalue weighted by Gasteiger charge is -2.45. The van der Waals surface area contributed by atoms with Gasteiger partial charge in [-0.05, 0) is 42.5 Å². The molecule has 0 spiro atoms. The van der Waals surface area contributed by atoms with Crippen molar-refractivity contribution in [3.63, 3.8) is 0 Å². The highest BCUT2D eigenvalue weighted by molar-refractivity contribution is 14.1. The quantitative estimate of drug-likeness (QED) is 0.685. The normalized spacial score (nSPS) is 27.2. The fourth-order valence-corrected chi connectivity index (χ4v) is 4.41. The van der Waals surface area contributed by atoms with Crippen molar-refractivity contribution in [2.75, 3.05) is 33.2 Å². The molecule has 0 unspecified atom stereocenters. The van der Waals surface area contributed by atoms with E-state index >= 15 is 0 Å². The third-order valence-electron chi connectivity index (χ3n) is 5.02. The molecule has 1 saturated heterocycles. The SMILES string of the molecule is CN1CCN(C2CC(c3nc(I)c4cncc(Cl)n34)C2)CC1. The summed E-state index contributed by atoms with van der Waals surface area (Å²) >= 11 is 8.62. The fourth-order valence-electron chi connectivity index (χ4n) is 3.54. The van der Waals surface area contributed by atoms with Crippen molar-refractivity contribution in [2.45, 2.75) is 24.8 Å². The molecule has 118 valence electrons. The van der Waals surface area contributed by atoms with Crippen LogP contribution >= 0.6 is 34.2 Å². The molecule has 1 aliphatic carbocycles. The fraction of sp³-hybridized carbons (Fsp3) is 0.600. The minimum absolute atomic E-state index is 0.514. The Morgan fingerprint density at radius 2 is 1.91 bits per heavy atom. The van der Waals surface area contributed by atoms with Crippen molar-refractivity contribution in [1.29, 1.82) is 0 Å². The van der Waals surface area contributed by atoms with E-state index < -0.39 is 0 Å². The predicted molar refractivity (Wildman–Crippen MR) is 95.5 cm³/mol. The molecule has 2 aromatic heterocycles. The summed E-state index contributed by atoms with van der Waals surface area (Å²) in [5.74, 6) is 1.62. The standard InChI is InChI=1S/C15H19ClIN5/c1-20-2-4-21(5-3-20)11-6-10(7-11)15-19-14(17)12-8-18-9-13(16)22(12)15/h8-11H,2-7H2,1H3. The lowest BCUT2D eigenvalue weighted by atomic mass is 9.78. The van der Waals surface area contributed by atoms with Crippen LogP contribution in [0.25, 0.3) is 5.52 Å². The molecule has 0 bridgehead atoms. The van der Waals surface area contributed by atoms with Crippen LogP contribution in [-0.2, 0) is 0 Å². The molecule has 3 heterocycles. The first-order valence-corrected chi connectivity index (χ1v) is 9.19. The lowest BCUT2D eigenvalue weighted by Crippen LogP contribution is -2.52. The van der Waals surface area contributed by atoms with Gasteiger partial charge >= 0.3 is 0 Å². The number of halogens is 2. The van der Waals surface area contributed by atoms with Crippen molar-refractivity contribution in [3.05, 3.63) is 27.1 Å². The van der Waals surface area contributed by atoms with Crippen molar-refractivity contribution in [2.24, 2.45) is 0 Å². The number of piperazine rings is 1. The highest BCUT2D eigenvalue weighted by atomic mass is 127. The maximum Gasteiger partial charge on any atom is 0.133 e. The van der Waals surface area contributed by atoms with Crippen molar-refractivity contribution in [3.8, 4) is 0 Å². The van der Waals surface area contributed by atoms with E-state index in [1.165, 1.54) is 39.0 Å². The predicted octanol–water partition coefficient (Wildman–Crippen LogP) is 2.48. The maximum absolute atomic E-state index is 6.34. The van der Waals surface area contributed by atoms with Gasteiger partial charge in [0.2, 0.25) is 0 Å². The van der Waals surface area contributed by atoms with E-state index in [4.69, 9.17) is 16.6 Å². The third-order valence-corrected chi connectivity index (χ3v) is 6.08. The Kier molecular flexibility index (Phi) is 4.04. The van der Waals surface area contributed by atoms with Gasteiger partial charge in [0.15, 0.2) is 0 Å². The summed E-state index contributed by atoms with van der Waals surface area (Å²) in [5.41, 5.74) is 1.02. The summed E-state index contributed by atoms with van der Waals surface area (Å²) in [6.45, 7) is 4.75. The lowest BCUT2D eigenvalue weighted by molar-refractivity contribution is 0.0586. The molecule has 1 aliphatic heterocycles. The monoisotopic (exact) mass is 431 g/mol. The van der Waals surface area contributed by atoms with Crippen LogP contribution in [0.3, 0.4) is 0 Å². The first-order valence-electron chi connectivity index (χ1n) is 7.73. The Bertz CT molecular complexity index is 689. The number of nitrogens with zero attached hydrogens (tertiary/aromatic N) is 5. The summed E-state index contributed by atoms with van der Waals surface area (Å²) in [4.78, 5) is 14.0. The summed E-state index contributed by atoms with van der Waals surface area (Å²) in [5, 5.41) is 0.658. The molecule has 1 saturated carbocycles. The molecule has 0 amide bonds. The van der Waals surface area contributed by atoms with E-state index in [1.54, 1.807) is 6.20 Å². The van der Waals surface area contributed by atoms with Crippen LogP contribution in [0.2, 0.25) is 5.15 Å². The molecule has 4 rings (SSSR count). The van der Waals surface area contributed by atoms with E-state index in [0.29, 0.717) is 17.1 Å². The molecule has 2 aromatic rings. The molecular weight excluding hydrogens is 413 g/mol. The van der Waals surface area contributed by atoms with Gasteiger partial charge in [-0.1, -0.05) is 11.6 Å². The van der Waals surface area contributed by atoms with Gasteiger partial charge in [0.25, 0.3) is 0 Å². The number of aromatic nitrogens is 3. The average Bonchev–Trinajstić information content (AvgIpc) is 2.78. The second-order valence-electron chi connectivity index (χ2n) is 6.37. The summed E-state index contributed by atoms with van der Waals surface area (Å²) in [6, 6.07) is 0.712. The zero-order valence-corrected chi connectivity index (χ0v) is 15.5. The highest BCUT2D eigenvalue weighted by Gasteiger charge is 2.38. The van der Waals surface area contributed by atoms with Gasteiger partial charge in [-0.15, -0.1) is 0 Å². The van der Waals surface area contributed by atoms with Gasteiger partial charge in [-0.25, -0.2) is 4.98 Å². The summed E-state index contributed by atoms with van der Waals surface area (Å²) < 4.78 is 3.06. The molecule has 0 N–H and O–H groups in total. The highest BCUT2D eigenvalue weighted by Crippen LogP contribution is 2.40. The topological polar surface area (TPSA) is 36.7 Å². The third kappa shape index (κ3) is 2.53. The second kappa shape index (κ2) is 5.89. The van der Waals surface area contributed by atoms with Crippen LogP contribution in [0.5, 0.6) is 0 Å². The Labute approximate surface area is 148 Å². The van der Waals surface area contributed by atoms with Crippen molar-refractivity contribution >= 4 is 39.7 Å². The van der Waals surface area contributed by atoms with Crippen LogP contribution in [0.4, 0.5) is 0 Å². The van der Waals surface area contributed by atoms with Gasteiger partial charge in [-0.3, -0.25) is 14.3 Å². The van der Waals surface area contributed by atoms with Crippen LogP contribution in [0.15, 0.2) is 12.4 Å². The molecule has 0 radical (unpaired) electrons. The largest absolute Gasteiger partial charge is 0.304 e. The van der Waals surface area contributed by atoms with Gasteiger partial charge < -0.3 is 4.90 Å². The van der Waals surface area contributed by atoms with Gasteiger partial charge in [0.1, 0.15) is 14.7 Å². The number of rotatable bonds is 2. The first-order chi connectivity index (χ1) is 10.6. The molecule has 5 nitrogen and oxygen atoms in total. The molecular formula is C15H19ClIN5. The van der Waals surface area contributed by atoms with Crippen LogP contribution in [0, 0.1) is 3.70 Å². The Morgan fingerprint density at radius 3 is 2.64 bits per heavy atom. The molecule has 2 aliphatic rings. The molecule has 22 heavy (non-hydrogen) atoms.